The number of benzene rings is 2. The van der Waals surface area contributed by atoms with E-state index in [-0.39, 0.29) is 11.9 Å². The average molecular weight is 449 g/mol. The summed E-state index contributed by atoms with van der Waals surface area (Å²) in [6.07, 6.45) is 1.80. The van der Waals surface area contributed by atoms with Crippen LogP contribution in [0.4, 0.5) is 5.00 Å². The quantitative estimate of drug-likeness (QED) is 0.490. The smallest absolute Gasteiger partial charge is 0.341 e. The van der Waals surface area contributed by atoms with Gasteiger partial charge in [-0.25, -0.2) is 4.79 Å². The minimum atomic E-state index is -0.347. The molecule has 0 saturated heterocycles. The summed E-state index contributed by atoms with van der Waals surface area (Å²) in [5, 5.41) is 3.62. The molecule has 6 heteroatoms. The van der Waals surface area contributed by atoms with Gasteiger partial charge in [-0.3, -0.25) is 9.69 Å². The van der Waals surface area contributed by atoms with Gasteiger partial charge >= 0.3 is 5.97 Å². The van der Waals surface area contributed by atoms with Crippen LogP contribution in [0.1, 0.15) is 45.3 Å². The number of anilines is 1. The lowest BCUT2D eigenvalue weighted by molar-refractivity contribution is -0.116. The van der Waals surface area contributed by atoms with Crippen LogP contribution in [0.15, 0.2) is 60.7 Å². The Kier molecular flexibility index (Phi) is 7.35. The van der Waals surface area contributed by atoms with Gasteiger partial charge in [0.1, 0.15) is 5.00 Å². The summed E-state index contributed by atoms with van der Waals surface area (Å²) >= 11 is 1.51. The molecule has 5 nitrogen and oxygen atoms in total. The van der Waals surface area contributed by atoms with E-state index < -0.39 is 0 Å². The maximum absolute atomic E-state index is 12.8. The molecule has 2 heterocycles. The highest BCUT2D eigenvalue weighted by atomic mass is 32.1. The molecule has 4 rings (SSSR count). The molecule has 0 spiro atoms. The van der Waals surface area contributed by atoms with Crippen LogP contribution < -0.4 is 5.32 Å². The van der Waals surface area contributed by atoms with Crippen molar-refractivity contribution in [3.05, 3.63) is 87.8 Å². The first-order valence-corrected chi connectivity index (χ1v) is 11.9. The van der Waals surface area contributed by atoms with Crippen molar-refractivity contribution in [2.24, 2.45) is 0 Å². The number of carbonyl (C=O) groups is 2. The molecule has 0 bridgehead atoms. The first-order valence-electron chi connectivity index (χ1n) is 11.1. The number of esters is 1. The van der Waals surface area contributed by atoms with E-state index in [1.165, 1.54) is 16.9 Å². The highest BCUT2D eigenvalue weighted by molar-refractivity contribution is 7.17. The third kappa shape index (κ3) is 5.44. The van der Waals surface area contributed by atoms with Crippen LogP contribution in [-0.4, -0.2) is 29.9 Å². The Morgan fingerprint density at radius 1 is 1.03 bits per heavy atom. The Morgan fingerprint density at radius 2 is 1.72 bits per heavy atom. The van der Waals surface area contributed by atoms with E-state index in [0.717, 1.165) is 42.1 Å². The summed E-state index contributed by atoms with van der Waals surface area (Å²) in [7, 11) is 0. The van der Waals surface area contributed by atoms with Gasteiger partial charge in [-0.2, -0.15) is 0 Å². The number of hydrogen-bond acceptors (Lipinski definition) is 5. The lowest BCUT2D eigenvalue weighted by Gasteiger charge is -2.27. The van der Waals surface area contributed by atoms with Crippen LogP contribution in [0.25, 0.3) is 0 Å². The largest absolute Gasteiger partial charge is 0.462 e. The molecule has 1 N–H and O–H groups in total. The summed E-state index contributed by atoms with van der Waals surface area (Å²) in [5.74, 6) is -0.431. The lowest BCUT2D eigenvalue weighted by Crippen LogP contribution is -2.29. The summed E-state index contributed by atoms with van der Waals surface area (Å²) in [4.78, 5) is 28.9. The van der Waals surface area contributed by atoms with Crippen LogP contribution in [0.5, 0.6) is 0 Å². The van der Waals surface area contributed by atoms with Crippen molar-refractivity contribution in [3.63, 3.8) is 0 Å². The van der Waals surface area contributed by atoms with E-state index in [2.05, 4.69) is 34.5 Å². The maximum atomic E-state index is 12.8. The molecule has 1 aliphatic rings. The molecule has 1 aromatic heterocycles. The van der Waals surface area contributed by atoms with Gasteiger partial charge in [0.2, 0.25) is 5.91 Å². The Morgan fingerprint density at radius 3 is 2.41 bits per heavy atom. The Bertz CT molecular complexity index is 1060. The molecule has 0 atom stereocenters. The molecule has 1 aliphatic heterocycles. The summed E-state index contributed by atoms with van der Waals surface area (Å²) in [5.41, 5.74) is 3.96. The van der Waals surface area contributed by atoms with Crippen LogP contribution in [-0.2, 0) is 35.5 Å². The number of thiophene rings is 1. The third-order valence-corrected chi connectivity index (χ3v) is 6.73. The molecule has 166 valence electrons. The van der Waals surface area contributed by atoms with Gasteiger partial charge in [0, 0.05) is 30.9 Å². The number of ether oxygens (including phenoxy) is 1. The summed E-state index contributed by atoms with van der Waals surface area (Å²) in [6.45, 7) is 4.61. The molecule has 0 aliphatic carbocycles. The first kappa shape index (κ1) is 22.2. The fourth-order valence-corrected chi connectivity index (χ4v) is 5.33. The van der Waals surface area contributed by atoms with E-state index in [1.54, 1.807) is 6.92 Å². The molecule has 3 aromatic rings. The second-order valence-corrected chi connectivity index (χ2v) is 9.01. The van der Waals surface area contributed by atoms with Crippen molar-refractivity contribution in [1.29, 1.82) is 0 Å². The highest BCUT2D eigenvalue weighted by Crippen LogP contribution is 2.38. The number of carbonyl (C=O) groups excluding carboxylic acids is 2. The van der Waals surface area contributed by atoms with Crippen molar-refractivity contribution in [3.8, 4) is 0 Å². The molecule has 0 fully saturated rings. The van der Waals surface area contributed by atoms with Crippen LogP contribution in [0.2, 0.25) is 0 Å². The van der Waals surface area contributed by atoms with Crippen molar-refractivity contribution in [2.75, 3.05) is 18.5 Å². The molecule has 2 aromatic carbocycles. The topological polar surface area (TPSA) is 58.6 Å². The van der Waals surface area contributed by atoms with E-state index >= 15 is 0 Å². The van der Waals surface area contributed by atoms with Gasteiger partial charge in [0.05, 0.1) is 12.2 Å². The van der Waals surface area contributed by atoms with Gasteiger partial charge in [-0.1, -0.05) is 60.7 Å². The van der Waals surface area contributed by atoms with Gasteiger partial charge < -0.3 is 10.1 Å². The standard InChI is InChI=1S/C26H28N2O3S/c1-2-31-26(30)24-21-15-16-28(17-20-11-7-4-8-12-20)18-22(21)32-25(24)27-23(29)14-13-19-9-5-3-6-10-19/h3-12H,2,13-18H2,1H3,(H,27,29). The van der Waals surface area contributed by atoms with Gasteiger partial charge in [0.15, 0.2) is 0 Å². The van der Waals surface area contributed by atoms with Crippen LogP contribution >= 0.6 is 11.3 Å². The van der Waals surface area contributed by atoms with Crippen molar-refractivity contribution < 1.29 is 14.3 Å². The second kappa shape index (κ2) is 10.6. The number of nitrogens with zero attached hydrogens (tertiary/aromatic N) is 1. The van der Waals surface area contributed by atoms with E-state index in [4.69, 9.17) is 4.74 Å². The lowest BCUT2D eigenvalue weighted by atomic mass is 10.0. The van der Waals surface area contributed by atoms with Crippen molar-refractivity contribution in [1.82, 2.24) is 4.90 Å². The highest BCUT2D eigenvalue weighted by Gasteiger charge is 2.29. The minimum Gasteiger partial charge on any atom is -0.462 e. The predicted octanol–water partition coefficient (Wildman–Crippen LogP) is 5.05. The molecular formula is C26H28N2O3S. The maximum Gasteiger partial charge on any atom is 0.341 e. The van der Waals surface area contributed by atoms with Crippen LogP contribution in [0, 0.1) is 0 Å². The minimum absolute atomic E-state index is 0.0841. The fraction of sp³-hybridized carbons (Fsp3) is 0.308. The number of rotatable bonds is 8. The van der Waals surface area contributed by atoms with Gasteiger partial charge in [-0.05, 0) is 36.5 Å². The molecular weight excluding hydrogens is 420 g/mol. The first-order chi connectivity index (χ1) is 15.6. The van der Waals surface area contributed by atoms with Gasteiger partial charge in [-0.15, -0.1) is 11.3 Å². The number of aryl methyl sites for hydroxylation is 1. The number of fused-ring (bicyclic) bond motifs is 1. The predicted molar refractivity (Wildman–Crippen MR) is 128 cm³/mol. The monoisotopic (exact) mass is 448 g/mol. The Balaban J connectivity index is 1.49. The summed E-state index contributed by atoms with van der Waals surface area (Å²) in [6, 6.07) is 20.3. The molecule has 1 amide bonds. The average Bonchev–Trinajstić information content (AvgIpc) is 3.16. The molecule has 0 saturated carbocycles. The number of amides is 1. The number of hydrogen-bond donors (Lipinski definition) is 1. The Labute approximate surface area is 193 Å². The zero-order valence-corrected chi connectivity index (χ0v) is 19.1. The van der Waals surface area contributed by atoms with E-state index in [1.807, 2.05) is 36.4 Å². The van der Waals surface area contributed by atoms with E-state index in [0.29, 0.717) is 30.0 Å². The third-order valence-electron chi connectivity index (χ3n) is 5.60. The normalized spacial score (nSPS) is 13.4. The van der Waals surface area contributed by atoms with Crippen molar-refractivity contribution in [2.45, 2.75) is 39.3 Å². The summed E-state index contributed by atoms with van der Waals surface area (Å²) < 4.78 is 5.33. The fourth-order valence-electron chi connectivity index (χ4n) is 4.03. The van der Waals surface area contributed by atoms with E-state index in [9.17, 15) is 9.59 Å². The van der Waals surface area contributed by atoms with Crippen LogP contribution in [0.3, 0.4) is 0 Å². The number of nitrogens with one attached hydrogen (secondary N) is 1. The Hall–Kier alpha value is -2.96. The zero-order chi connectivity index (χ0) is 22.3. The molecule has 0 unspecified atom stereocenters. The second-order valence-electron chi connectivity index (χ2n) is 7.91. The molecule has 0 radical (unpaired) electrons. The zero-order valence-electron chi connectivity index (χ0n) is 18.3. The SMILES string of the molecule is CCOC(=O)c1c(NC(=O)CCc2ccccc2)sc2c1CCN(Cc1ccccc1)C2. The molecule has 32 heavy (non-hydrogen) atoms. The van der Waals surface area contributed by atoms with Gasteiger partial charge in [0.25, 0.3) is 0 Å². The van der Waals surface area contributed by atoms with Crippen molar-refractivity contribution >= 4 is 28.2 Å².